The number of likely N-dealkylation sites (tertiary alicyclic amines) is 1. The predicted octanol–water partition coefficient (Wildman–Crippen LogP) is 0.346. The minimum atomic E-state index is -0.339. The Morgan fingerprint density at radius 3 is 3.00 bits per heavy atom. The van der Waals surface area contributed by atoms with Gasteiger partial charge >= 0.3 is 5.69 Å². The standard InChI is InChI=1S/C12H17N3O3/c16-10(9-6-13-11(17)14-9)15-4-1-2-12(7-15)3-5-18-8-12/h6H,1-5,7-8H2,(H2,13,14,17). The lowest BCUT2D eigenvalue weighted by Crippen LogP contribution is -2.46. The molecule has 2 aliphatic heterocycles. The van der Waals surface area contributed by atoms with Crippen LogP contribution in [-0.4, -0.2) is 47.1 Å². The van der Waals surface area contributed by atoms with Gasteiger partial charge in [-0.15, -0.1) is 0 Å². The van der Waals surface area contributed by atoms with Crippen molar-refractivity contribution in [2.24, 2.45) is 5.41 Å². The van der Waals surface area contributed by atoms with Crippen molar-refractivity contribution in [2.45, 2.75) is 19.3 Å². The minimum absolute atomic E-state index is 0.0978. The van der Waals surface area contributed by atoms with Crippen molar-refractivity contribution in [3.63, 3.8) is 0 Å². The molecular weight excluding hydrogens is 234 g/mol. The van der Waals surface area contributed by atoms with Gasteiger partial charge in [-0.3, -0.25) is 4.79 Å². The normalized spacial score (nSPS) is 27.9. The minimum Gasteiger partial charge on any atom is -0.381 e. The van der Waals surface area contributed by atoms with E-state index in [0.29, 0.717) is 5.69 Å². The molecule has 3 heterocycles. The number of rotatable bonds is 1. The summed E-state index contributed by atoms with van der Waals surface area (Å²) >= 11 is 0. The number of carbonyl (C=O) groups is 1. The number of hydrogen-bond acceptors (Lipinski definition) is 3. The zero-order chi connectivity index (χ0) is 12.6. The third-order valence-electron chi connectivity index (χ3n) is 3.96. The van der Waals surface area contributed by atoms with Crippen LogP contribution in [0.4, 0.5) is 0 Å². The molecule has 1 amide bonds. The molecule has 1 atom stereocenters. The molecule has 1 spiro atoms. The van der Waals surface area contributed by atoms with Crippen LogP contribution in [0.25, 0.3) is 0 Å². The molecule has 0 aliphatic carbocycles. The van der Waals surface area contributed by atoms with Gasteiger partial charge in [-0.2, -0.15) is 0 Å². The highest BCUT2D eigenvalue weighted by atomic mass is 16.5. The fourth-order valence-corrected chi connectivity index (χ4v) is 2.97. The van der Waals surface area contributed by atoms with Crippen molar-refractivity contribution in [1.29, 1.82) is 0 Å². The molecule has 3 rings (SSSR count). The van der Waals surface area contributed by atoms with Crippen LogP contribution in [0.3, 0.4) is 0 Å². The first-order valence-corrected chi connectivity index (χ1v) is 6.33. The molecular formula is C12H17N3O3. The van der Waals surface area contributed by atoms with E-state index in [-0.39, 0.29) is 17.0 Å². The van der Waals surface area contributed by atoms with Crippen LogP contribution in [0.2, 0.25) is 0 Å². The fourth-order valence-electron chi connectivity index (χ4n) is 2.97. The van der Waals surface area contributed by atoms with Gasteiger partial charge in [0.1, 0.15) is 5.69 Å². The largest absolute Gasteiger partial charge is 0.381 e. The second-order valence-electron chi connectivity index (χ2n) is 5.29. The molecule has 1 unspecified atom stereocenters. The lowest BCUT2D eigenvalue weighted by Gasteiger charge is -2.39. The van der Waals surface area contributed by atoms with E-state index >= 15 is 0 Å². The molecule has 6 heteroatoms. The summed E-state index contributed by atoms with van der Waals surface area (Å²) in [4.78, 5) is 30.1. The molecule has 0 saturated carbocycles. The maximum Gasteiger partial charge on any atom is 0.323 e. The first-order chi connectivity index (χ1) is 8.69. The van der Waals surface area contributed by atoms with Gasteiger partial charge in [0.2, 0.25) is 0 Å². The molecule has 0 radical (unpaired) electrons. The highest BCUT2D eigenvalue weighted by Gasteiger charge is 2.40. The Kier molecular flexibility index (Phi) is 2.74. The van der Waals surface area contributed by atoms with Gasteiger partial charge in [-0.25, -0.2) is 4.79 Å². The summed E-state index contributed by atoms with van der Waals surface area (Å²) in [5.74, 6) is -0.0978. The van der Waals surface area contributed by atoms with Crippen LogP contribution in [0.5, 0.6) is 0 Å². The summed E-state index contributed by atoms with van der Waals surface area (Å²) in [6.07, 6.45) is 4.60. The molecule has 18 heavy (non-hydrogen) atoms. The van der Waals surface area contributed by atoms with Crippen molar-refractivity contribution in [3.8, 4) is 0 Å². The second-order valence-corrected chi connectivity index (χ2v) is 5.29. The maximum absolute atomic E-state index is 12.2. The number of imidazole rings is 1. The Balaban J connectivity index is 1.76. The molecule has 98 valence electrons. The average Bonchev–Trinajstić information content (AvgIpc) is 2.98. The third kappa shape index (κ3) is 1.96. The Morgan fingerprint density at radius 2 is 2.33 bits per heavy atom. The number of aromatic amines is 2. The molecule has 0 bridgehead atoms. The summed E-state index contributed by atoms with van der Waals surface area (Å²) in [5, 5.41) is 0. The molecule has 1 aromatic heterocycles. The Hall–Kier alpha value is -1.56. The SMILES string of the molecule is O=C(c1c[nH]c(=O)[nH]1)N1CCCC2(CCOC2)C1. The van der Waals surface area contributed by atoms with Gasteiger partial charge in [-0.05, 0) is 19.3 Å². The van der Waals surface area contributed by atoms with E-state index < -0.39 is 0 Å². The predicted molar refractivity (Wildman–Crippen MR) is 64.4 cm³/mol. The average molecular weight is 251 g/mol. The monoisotopic (exact) mass is 251 g/mol. The smallest absolute Gasteiger partial charge is 0.323 e. The summed E-state index contributed by atoms with van der Waals surface area (Å²) in [7, 11) is 0. The number of hydrogen-bond donors (Lipinski definition) is 2. The van der Waals surface area contributed by atoms with Gasteiger partial charge < -0.3 is 19.6 Å². The second kappa shape index (κ2) is 4.28. The van der Waals surface area contributed by atoms with Crippen LogP contribution in [0, 0.1) is 5.41 Å². The van der Waals surface area contributed by atoms with Crippen molar-refractivity contribution in [1.82, 2.24) is 14.9 Å². The van der Waals surface area contributed by atoms with E-state index in [9.17, 15) is 9.59 Å². The van der Waals surface area contributed by atoms with Crippen molar-refractivity contribution in [2.75, 3.05) is 26.3 Å². The van der Waals surface area contributed by atoms with E-state index in [1.54, 1.807) is 0 Å². The fraction of sp³-hybridized carbons (Fsp3) is 0.667. The molecule has 0 aromatic carbocycles. The van der Waals surface area contributed by atoms with Crippen LogP contribution < -0.4 is 5.69 Å². The number of nitrogens with zero attached hydrogens (tertiary/aromatic N) is 1. The zero-order valence-corrected chi connectivity index (χ0v) is 10.2. The number of carbonyl (C=O) groups excluding carboxylic acids is 1. The number of H-pyrrole nitrogens is 2. The van der Waals surface area contributed by atoms with E-state index in [0.717, 1.165) is 45.6 Å². The topological polar surface area (TPSA) is 78.2 Å². The van der Waals surface area contributed by atoms with Crippen LogP contribution in [0.15, 0.2) is 11.0 Å². The number of piperidine rings is 1. The van der Waals surface area contributed by atoms with E-state index in [2.05, 4.69) is 9.97 Å². The molecule has 2 aliphatic rings. The highest BCUT2D eigenvalue weighted by Crippen LogP contribution is 2.37. The van der Waals surface area contributed by atoms with Gasteiger partial charge in [0.15, 0.2) is 0 Å². The third-order valence-corrected chi connectivity index (χ3v) is 3.96. The van der Waals surface area contributed by atoms with Gasteiger partial charge in [-0.1, -0.05) is 0 Å². The van der Waals surface area contributed by atoms with Crippen molar-refractivity contribution >= 4 is 5.91 Å². The van der Waals surface area contributed by atoms with Crippen molar-refractivity contribution < 1.29 is 9.53 Å². The van der Waals surface area contributed by atoms with E-state index in [4.69, 9.17) is 4.74 Å². The lowest BCUT2D eigenvalue weighted by molar-refractivity contribution is 0.0458. The van der Waals surface area contributed by atoms with Gasteiger partial charge in [0.05, 0.1) is 6.61 Å². The van der Waals surface area contributed by atoms with E-state index in [1.165, 1.54) is 6.20 Å². The highest BCUT2D eigenvalue weighted by molar-refractivity contribution is 5.92. The summed E-state index contributed by atoms with van der Waals surface area (Å²) in [5.41, 5.74) is 0.148. The number of aromatic nitrogens is 2. The Bertz CT molecular complexity index is 499. The van der Waals surface area contributed by atoms with Gasteiger partial charge in [0, 0.05) is 31.3 Å². The van der Waals surface area contributed by atoms with Crippen LogP contribution in [0.1, 0.15) is 29.8 Å². The first-order valence-electron chi connectivity index (χ1n) is 6.33. The molecule has 6 nitrogen and oxygen atoms in total. The van der Waals surface area contributed by atoms with Gasteiger partial charge in [0.25, 0.3) is 5.91 Å². The van der Waals surface area contributed by atoms with E-state index in [1.807, 2.05) is 4.90 Å². The quantitative estimate of drug-likeness (QED) is 0.755. The van der Waals surface area contributed by atoms with Crippen LogP contribution in [-0.2, 0) is 4.74 Å². The Labute approximate surface area is 104 Å². The molecule has 2 saturated heterocycles. The number of ether oxygens (including phenoxy) is 1. The van der Waals surface area contributed by atoms with Crippen LogP contribution >= 0.6 is 0 Å². The maximum atomic E-state index is 12.2. The first kappa shape index (κ1) is 11.5. The van der Waals surface area contributed by atoms with Crippen molar-refractivity contribution in [3.05, 3.63) is 22.4 Å². The zero-order valence-electron chi connectivity index (χ0n) is 10.2. The summed E-state index contributed by atoms with van der Waals surface area (Å²) in [6.45, 7) is 3.04. The Morgan fingerprint density at radius 1 is 1.44 bits per heavy atom. The number of nitrogens with one attached hydrogen (secondary N) is 2. The molecule has 2 fully saturated rings. The molecule has 2 N–H and O–H groups in total. The summed E-state index contributed by atoms with van der Waals surface area (Å²) < 4.78 is 5.47. The molecule has 1 aromatic rings. The number of amides is 1. The summed E-state index contributed by atoms with van der Waals surface area (Å²) in [6, 6.07) is 0. The lowest BCUT2D eigenvalue weighted by atomic mass is 9.79.